The second-order valence-electron chi connectivity index (χ2n) is 7.44. The molecule has 0 N–H and O–H groups in total. The molecule has 1 aromatic rings. The van der Waals surface area contributed by atoms with Crippen LogP contribution in [0.2, 0.25) is 16.6 Å². The normalized spacial score (nSPS) is 12.2. The van der Waals surface area contributed by atoms with E-state index in [1.165, 1.54) is 0 Å². The zero-order valence-electron chi connectivity index (χ0n) is 16.8. The fraction of sp³-hybridized carbons (Fsp3) is 0.650. The predicted octanol–water partition coefficient (Wildman–Crippen LogP) is 5.22. The van der Waals surface area contributed by atoms with E-state index in [9.17, 15) is 4.79 Å². The number of carbonyl (C=O) groups is 1. The predicted molar refractivity (Wildman–Crippen MR) is 105 cm³/mol. The van der Waals surface area contributed by atoms with Gasteiger partial charge in [-0.1, -0.05) is 47.6 Å². The van der Waals surface area contributed by atoms with Gasteiger partial charge in [-0.25, -0.2) is 0 Å². The lowest BCUT2D eigenvalue weighted by Crippen LogP contribution is -2.47. The first-order chi connectivity index (χ1) is 11.8. The molecule has 0 saturated carbocycles. The summed E-state index contributed by atoms with van der Waals surface area (Å²) in [7, 11) is -0.290. The van der Waals surface area contributed by atoms with E-state index < -0.39 is 8.32 Å². The van der Waals surface area contributed by atoms with Crippen LogP contribution in [-0.4, -0.2) is 34.9 Å². The molecule has 0 heterocycles. The Hall–Kier alpha value is -1.17. The zero-order valence-corrected chi connectivity index (χ0v) is 17.8. The van der Waals surface area contributed by atoms with E-state index >= 15 is 0 Å². The molecule has 1 aromatic carbocycles. The Morgan fingerprint density at radius 2 is 1.60 bits per heavy atom. The van der Waals surface area contributed by atoms with E-state index in [0.717, 1.165) is 11.8 Å². The average molecular weight is 367 g/mol. The first-order valence-electron chi connectivity index (χ1n) is 9.13. The van der Waals surface area contributed by atoms with E-state index in [4.69, 9.17) is 13.9 Å². The largest absolute Gasteiger partial charge is 0.490 e. The molecular formula is C20H34O4Si. The van der Waals surface area contributed by atoms with Crippen molar-refractivity contribution in [2.45, 2.75) is 64.8 Å². The highest BCUT2D eigenvalue weighted by Crippen LogP contribution is 2.42. The maximum Gasteiger partial charge on any atom is 0.200 e. The van der Waals surface area contributed by atoms with Crippen LogP contribution in [0, 0.1) is 0 Å². The summed E-state index contributed by atoms with van der Waals surface area (Å²) in [6.45, 7) is 15.1. The molecule has 0 spiro atoms. The summed E-state index contributed by atoms with van der Waals surface area (Å²) < 4.78 is 17.2. The van der Waals surface area contributed by atoms with E-state index in [0.29, 0.717) is 47.8 Å². The number of methoxy groups -OCH3 is 1. The molecule has 0 atom stereocenters. The molecule has 0 radical (unpaired) electrons. The van der Waals surface area contributed by atoms with Gasteiger partial charge in [-0.15, -0.1) is 0 Å². The van der Waals surface area contributed by atoms with Crippen molar-refractivity contribution in [1.82, 2.24) is 0 Å². The Labute approximate surface area is 154 Å². The van der Waals surface area contributed by atoms with Crippen LogP contribution in [0.1, 0.15) is 57.5 Å². The van der Waals surface area contributed by atoms with Gasteiger partial charge in [-0.3, -0.25) is 4.79 Å². The van der Waals surface area contributed by atoms with Crippen LogP contribution in [0.3, 0.4) is 0 Å². The summed E-state index contributed by atoms with van der Waals surface area (Å²) in [5, 5.41) is 0. The van der Waals surface area contributed by atoms with E-state index in [2.05, 4.69) is 41.5 Å². The number of rotatable bonds is 11. The third-order valence-electron chi connectivity index (χ3n) is 4.94. The molecule has 0 aliphatic carbocycles. The van der Waals surface area contributed by atoms with Gasteiger partial charge < -0.3 is 13.9 Å². The maximum absolute atomic E-state index is 11.4. The van der Waals surface area contributed by atoms with Crippen molar-refractivity contribution in [2.75, 3.05) is 20.3 Å². The van der Waals surface area contributed by atoms with Crippen LogP contribution in [0.5, 0.6) is 5.75 Å². The Bertz CT molecular complexity index is 519. The summed E-state index contributed by atoms with van der Waals surface area (Å²) in [5.74, 6) is 0.593. The molecule has 1 rings (SSSR count). The Morgan fingerprint density at radius 1 is 1.00 bits per heavy atom. The highest BCUT2D eigenvalue weighted by Gasteiger charge is 2.44. The van der Waals surface area contributed by atoms with Gasteiger partial charge in [0, 0.05) is 7.11 Å². The second-order valence-corrected chi connectivity index (χ2v) is 12.9. The fourth-order valence-electron chi connectivity index (χ4n) is 3.85. The molecule has 4 nitrogen and oxygen atoms in total. The molecule has 0 aliphatic heterocycles. The van der Waals surface area contributed by atoms with Crippen LogP contribution < -0.4 is 4.74 Å². The maximum atomic E-state index is 11.4. The van der Waals surface area contributed by atoms with Crippen LogP contribution in [0.4, 0.5) is 0 Å². The van der Waals surface area contributed by atoms with Crippen LogP contribution in [0.25, 0.3) is 0 Å². The number of carbonyl (C=O) groups excluding carboxylic acids is 1. The number of hydrogen-bond acceptors (Lipinski definition) is 4. The van der Waals surface area contributed by atoms with Gasteiger partial charge in [0.25, 0.3) is 0 Å². The Balaban J connectivity index is 2.93. The molecule has 5 heteroatoms. The Kier molecular flexibility index (Phi) is 8.83. The van der Waals surface area contributed by atoms with E-state index in [-0.39, 0.29) is 0 Å². The van der Waals surface area contributed by atoms with Crippen molar-refractivity contribution in [3.63, 3.8) is 0 Å². The van der Waals surface area contributed by atoms with Crippen molar-refractivity contribution in [1.29, 1.82) is 0 Å². The quantitative estimate of drug-likeness (QED) is 0.306. The van der Waals surface area contributed by atoms with Crippen molar-refractivity contribution in [3.05, 3.63) is 29.3 Å². The molecular weight excluding hydrogens is 332 g/mol. The molecule has 0 aliphatic rings. The monoisotopic (exact) mass is 366 g/mol. The summed E-state index contributed by atoms with van der Waals surface area (Å²) in [5.41, 5.74) is 3.18. The minimum atomic E-state index is -1.91. The standard InChI is InChI=1S/C20H34O4Si/c1-15(2)25(16(3)4,17(5)6)24-14-18-8-9-20(19(12-18)13-21)23-11-10-22-7/h8-9,12-13,15-17H,10-11,14H2,1-7H3. The number of benzene rings is 1. The zero-order chi connectivity index (χ0) is 19.0. The topological polar surface area (TPSA) is 44.8 Å². The average Bonchev–Trinajstić information content (AvgIpc) is 2.55. The van der Waals surface area contributed by atoms with Crippen molar-refractivity contribution >= 4 is 14.6 Å². The first-order valence-corrected chi connectivity index (χ1v) is 11.3. The molecule has 0 bridgehead atoms. The summed E-state index contributed by atoms with van der Waals surface area (Å²) in [6.07, 6.45) is 0.837. The molecule has 0 saturated heterocycles. The van der Waals surface area contributed by atoms with Gasteiger partial charge in [0.1, 0.15) is 12.4 Å². The van der Waals surface area contributed by atoms with Crippen LogP contribution in [0.15, 0.2) is 18.2 Å². The smallest absolute Gasteiger partial charge is 0.200 e. The Morgan fingerprint density at radius 3 is 2.08 bits per heavy atom. The van der Waals surface area contributed by atoms with Crippen molar-refractivity contribution in [3.8, 4) is 5.75 Å². The summed E-state index contributed by atoms with van der Waals surface area (Å²) >= 11 is 0. The van der Waals surface area contributed by atoms with E-state index in [1.54, 1.807) is 7.11 Å². The SMILES string of the molecule is COCCOc1ccc(CO[Si](C(C)C)(C(C)C)C(C)C)cc1C=O. The minimum Gasteiger partial charge on any atom is -0.490 e. The third-order valence-corrected chi connectivity index (χ3v) is 11.0. The lowest BCUT2D eigenvalue weighted by molar-refractivity contribution is 0.111. The highest BCUT2D eigenvalue weighted by molar-refractivity contribution is 6.77. The number of hydrogen-bond donors (Lipinski definition) is 0. The van der Waals surface area contributed by atoms with Gasteiger partial charge in [-0.05, 0) is 34.3 Å². The molecule has 142 valence electrons. The van der Waals surface area contributed by atoms with Gasteiger partial charge in [0.2, 0.25) is 8.32 Å². The van der Waals surface area contributed by atoms with Gasteiger partial charge in [-0.2, -0.15) is 0 Å². The fourth-order valence-corrected chi connectivity index (χ4v) is 9.27. The number of ether oxygens (including phenoxy) is 2. The molecule has 0 amide bonds. The highest BCUT2D eigenvalue weighted by atomic mass is 28.4. The third kappa shape index (κ3) is 5.40. The van der Waals surface area contributed by atoms with Crippen LogP contribution >= 0.6 is 0 Å². The molecule has 25 heavy (non-hydrogen) atoms. The lowest BCUT2D eigenvalue weighted by Gasteiger charge is -2.42. The van der Waals surface area contributed by atoms with Crippen LogP contribution in [-0.2, 0) is 15.8 Å². The minimum absolute atomic E-state index is 0.428. The van der Waals surface area contributed by atoms with Gasteiger partial charge in [0.05, 0.1) is 18.8 Å². The van der Waals surface area contributed by atoms with Crippen molar-refractivity contribution in [2.24, 2.45) is 0 Å². The lowest BCUT2D eigenvalue weighted by atomic mass is 10.1. The first kappa shape index (κ1) is 21.9. The van der Waals surface area contributed by atoms with Crippen molar-refractivity contribution < 1.29 is 18.7 Å². The molecule has 0 aromatic heterocycles. The van der Waals surface area contributed by atoms with E-state index in [1.807, 2.05) is 18.2 Å². The van der Waals surface area contributed by atoms with Gasteiger partial charge >= 0.3 is 0 Å². The molecule has 0 unspecified atom stereocenters. The molecule has 0 fully saturated rings. The summed E-state index contributed by atoms with van der Waals surface area (Å²) in [6, 6.07) is 5.70. The second kappa shape index (κ2) is 10.1. The van der Waals surface area contributed by atoms with Gasteiger partial charge in [0.15, 0.2) is 6.29 Å². The summed E-state index contributed by atoms with van der Waals surface area (Å²) in [4.78, 5) is 11.4. The number of aldehydes is 1.